The summed E-state index contributed by atoms with van der Waals surface area (Å²) >= 11 is 5.39. The van der Waals surface area contributed by atoms with Crippen LogP contribution in [0.5, 0.6) is 0 Å². The zero-order chi connectivity index (χ0) is 10.6. The van der Waals surface area contributed by atoms with Crippen LogP contribution in [0.3, 0.4) is 0 Å². The Morgan fingerprint density at radius 3 is 2.86 bits per heavy atom. The lowest BCUT2D eigenvalue weighted by Gasteiger charge is -2.14. The lowest BCUT2D eigenvalue weighted by molar-refractivity contribution is 0.468. The van der Waals surface area contributed by atoms with E-state index in [4.69, 9.17) is 11.6 Å². The van der Waals surface area contributed by atoms with Gasteiger partial charge in [0, 0.05) is 31.2 Å². The first-order chi connectivity index (χ1) is 6.56. The highest BCUT2D eigenvalue weighted by molar-refractivity contribution is 7.89. The van der Waals surface area contributed by atoms with Crippen LogP contribution >= 0.6 is 11.6 Å². The zero-order valence-electron chi connectivity index (χ0n) is 7.77. The number of nitrogens with one attached hydrogen (secondary N) is 1. The number of hydrogen-bond donors (Lipinski definition) is 1. The summed E-state index contributed by atoms with van der Waals surface area (Å²) in [6, 6.07) is 0. The first-order valence-electron chi connectivity index (χ1n) is 4.04. The first-order valence-corrected chi connectivity index (χ1v) is 6.18. The Morgan fingerprint density at radius 1 is 1.64 bits per heavy atom. The van der Waals surface area contributed by atoms with E-state index in [0.717, 1.165) is 5.56 Å². The van der Waals surface area contributed by atoms with Crippen LogP contribution in [0.2, 0.25) is 0 Å². The maximum atomic E-state index is 11.5. The van der Waals surface area contributed by atoms with Crippen molar-refractivity contribution in [2.45, 2.75) is 6.54 Å². The fourth-order valence-corrected chi connectivity index (χ4v) is 2.41. The molecule has 0 aliphatic heterocycles. The van der Waals surface area contributed by atoms with Gasteiger partial charge in [0.25, 0.3) is 0 Å². The minimum absolute atomic E-state index is 0.0388. The number of halogens is 1. The molecule has 7 heteroatoms. The topological polar surface area (TPSA) is 66.1 Å². The van der Waals surface area contributed by atoms with Gasteiger partial charge in [-0.1, -0.05) is 0 Å². The predicted octanol–water partition coefficient (Wildman–Crippen LogP) is 0.410. The summed E-state index contributed by atoms with van der Waals surface area (Å²) in [5.74, 6) is 0.0704. The van der Waals surface area contributed by atoms with Crippen LogP contribution in [0, 0.1) is 0 Å². The highest BCUT2D eigenvalue weighted by atomic mass is 35.5. The number of nitrogens with zero attached hydrogens (tertiary/aromatic N) is 2. The molecule has 1 rings (SSSR count). The van der Waals surface area contributed by atoms with Crippen LogP contribution in [0.25, 0.3) is 0 Å². The number of aromatic nitrogens is 2. The molecule has 1 N–H and O–H groups in total. The molecular weight excluding hydrogens is 226 g/mol. The molecule has 1 heterocycles. The molecule has 80 valence electrons. The predicted molar refractivity (Wildman–Crippen MR) is 54.6 cm³/mol. The van der Waals surface area contributed by atoms with Crippen molar-refractivity contribution in [3.63, 3.8) is 0 Å². The average molecular weight is 238 g/mol. The van der Waals surface area contributed by atoms with E-state index in [1.807, 2.05) is 0 Å². The summed E-state index contributed by atoms with van der Waals surface area (Å²) in [5, 5.41) is 6.35. The van der Waals surface area contributed by atoms with Crippen LogP contribution < -0.4 is 0 Å². The van der Waals surface area contributed by atoms with Gasteiger partial charge in [-0.05, 0) is 0 Å². The Balaban J connectivity index is 2.62. The van der Waals surface area contributed by atoms with E-state index >= 15 is 0 Å². The maximum Gasteiger partial charge on any atom is 0.215 e. The third kappa shape index (κ3) is 2.97. The Kier molecular flexibility index (Phi) is 3.91. The Labute approximate surface area is 88.1 Å². The largest absolute Gasteiger partial charge is 0.285 e. The van der Waals surface area contributed by atoms with E-state index in [2.05, 4.69) is 10.2 Å². The van der Waals surface area contributed by atoms with Gasteiger partial charge in [-0.3, -0.25) is 5.10 Å². The third-order valence-electron chi connectivity index (χ3n) is 1.77. The molecule has 0 spiro atoms. The Bertz CT molecular complexity index is 362. The van der Waals surface area contributed by atoms with Gasteiger partial charge in [0.2, 0.25) is 10.0 Å². The fraction of sp³-hybridized carbons (Fsp3) is 0.571. The minimum Gasteiger partial charge on any atom is -0.285 e. The highest BCUT2D eigenvalue weighted by Gasteiger charge is 2.17. The number of aromatic amines is 1. The molecule has 0 aliphatic rings. The molecule has 0 amide bonds. The summed E-state index contributed by atoms with van der Waals surface area (Å²) in [4.78, 5) is 0. The molecule has 1 aromatic heterocycles. The van der Waals surface area contributed by atoms with Crippen molar-refractivity contribution in [3.05, 3.63) is 18.0 Å². The molecule has 0 aromatic carbocycles. The van der Waals surface area contributed by atoms with Gasteiger partial charge >= 0.3 is 0 Å². The monoisotopic (exact) mass is 237 g/mol. The Hall–Kier alpha value is -0.590. The van der Waals surface area contributed by atoms with Crippen molar-refractivity contribution in [2.75, 3.05) is 18.7 Å². The van der Waals surface area contributed by atoms with Crippen LogP contribution in [-0.4, -0.2) is 41.6 Å². The van der Waals surface area contributed by atoms with Crippen molar-refractivity contribution in [2.24, 2.45) is 0 Å². The number of H-pyrrole nitrogens is 1. The smallest absolute Gasteiger partial charge is 0.215 e. The second-order valence-corrected chi connectivity index (χ2v) is 5.44. The van der Waals surface area contributed by atoms with E-state index in [1.165, 1.54) is 11.4 Å². The minimum atomic E-state index is -3.23. The van der Waals surface area contributed by atoms with E-state index in [0.29, 0.717) is 6.54 Å². The van der Waals surface area contributed by atoms with Gasteiger partial charge in [-0.25, -0.2) is 12.7 Å². The van der Waals surface area contributed by atoms with Crippen molar-refractivity contribution < 1.29 is 8.42 Å². The second kappa shape index (κ2) is 4.77. The zero-order valence-corrected chi connectivity index (χ0v) is 9.35. The fourth-order valence-electron chi connectivity index (χ4n) is 0.973. The molecule has 0 saturated carbocycles. The summed E-state index contributed by atoms with van der Waals surface area (Å²) in [7, 11) is -1.70. The Morgan fingerprint density at radius 2 is 2.36 bits per heavy atom. The summed E-state index contributed by atoms with van der Waals surface area (Å²) in [6.07, 6.45) is 3.25. The SMILES string of the molecule is CN(Cc1cn[nH]c1)S(=O)(=O)CCCl. The van der Waals surface area contributed by atoms with Crippen LogP contribution in [-0.2, 0) is 16.6 Å². The van der Waals surface area contributed by atoms with Crippen LogP contribution in [0.1, 0.15) is 5.56 Å². The van der Waals surface area contributed by atoms with Gasteiger partial charge in [-0.2, -0.15) is 5.10 Å². The van der Waals surface area contributed by atoms with E-state index in [-0.39, 0.29) is 11.6 Å². The molecule has 0 radical (unpaired) electrons. The van der Waals surface area contributed by atoms with Crippen molar-refractivity contribution >= 4 is 21.6 Å². The summed E-state index contributed by atoms with van der Waals surface area (Å²) in [5.41, 5.74) is 0.825. The third-order valence-corrected chi connectivity index (χ3v) is 3.98. The molecule has 0 fully saturated rings. The van der Waals surface area contributed by atoms with Gasteiger partial charge in [0.15, 0.2) is 0 Å². The molecule has 0 atom stereocenters. The van der Waals surface area contributed by atoms with E-state index in [1.54, 1.807) is 12.4 Å². The molecular formula is C7H12ClN3O2S. The van der Waals surface area contributed by atoms with Crippen LogP contribution in [0.15, 0.2) is 12.4 Å². The number of hydrogen-bond acceptors (Lipinski definition) is 3. The normalized spacial score (nSPS) is 12.2. The lowest BCUT2D eigenvalue weighted by Crippen LogP contribution is -2.29. The average Bonchev–Trinajstić information content (AvgIpc) is 2.56. The molecule has 0 aliphatic carbocycles. The molecule has 0 saturated heterocycles. The number of alkyl halides is 1. The standard InChI is InChI=1S/C7H12ClN3O2S/c1-11(14(12,13)3-2-8)6-7-4-9-10-5-7/h4-5H,2-3,6H2,1H3,(H,9,10). The van der Waals surface area contributed by atoms with Gasteiger partial charge in [-0.15, -0.1) is 11.6 Å². The van der Waals surface area contributed by atoms with E-state index < -0.39 is 10.0 Å². The highest BCUT2D eigenvalue weighted by Crippen LogP contribution is 2.05. The molecule has 14 heavy (non-hydrogen) atoms. The summed E-state index contributed by atoms with van der Waals surface area (Å²) < 4.78 is 24.2. The van der Waals surface area contributed by atoms with Crippen molar-refractivity contribution in [1.29, 1.82) is 0 Å². The molecule has 5 nitrogen and oxygen atoms in total. The molecule has 0 unspecified atom stereocenters. The van der Waals surface area contributed by atoms with Gasteiger partial charge in [0.1, 0.15) is 0 Å². The van der Waals surface area contributed by atoms with E-state index in [9.17, 15) is 8.42 Å². The quantitative estimate of drug-likeness (QED) is 0.755. The molecule has 1 aromatic rings. The summed E-state index contributed by atoms with van der Waals surface area (Å²) in [6.45, 7) is 0.315. The second-order valence-electron chi connectivity index (χ2n) is 2.87. The van der Waals surface area contributed by atoms with Gasteiger partial charge in [0.05, 0.1) is 11.9 Å². The molecule has 0 bridgehead atoms. The maximum absolute atomic E-state index is 11.5. The lowest BCUT2D eigenvalue weighted by atomic mass is 10.4. The van der Waals surface area contributed by atoms with Crippen molar-refractivity contribution in [1.82, 2.24) is 14.5 Å². The first kappa shape index (κ1) is 11.5. The number of rotatable bonds is 5. The van der Waals surface area contributed by atoms with Crippen LogP contribution in [0.4, 0.5) is 0 Å². The number of sulfonamides is 1. The van der Waals surface area contributed by atoms with Gasteiger partial charge < -0.3 is 0 Å². The van der Waals surface area contributed by atoms with Crippen molar-refractivity contribution in [3.8, 4) is 0 Å².